The average Bonchev–Trinajstić information content (AvgIpc) is 2.77. The lowest BCUT2D eigenvalue weighted by molar-refractivity contribution is -0.137. The minimum atomic E-state index is -4.49. The molecule has 0 N–H and O–H groups in total. The van der Waals surface area contributed by atoms with Crippen LogP contribution in [0.2, 0.25) is 0 Å². The van der Waals surface area contributed by atoms with Crippen LogP contribution in [0.5, 0.6) is 0 Å². The standard InChI is InChI=1S/C21H21F3N4O2/c22-21(23,24)16-5-1-3-14(11-16)19(29)27-10-6-18-15(13-27)4-2-9-28(18)20(30)17-12-25-7-8-26-17/h1,3,5,7-8,11-12,15,18H,2,4,6,9-10,13H2/t15-,18-/m1/s1. The summed E-state index contributed by atoms with van der Waals surface area (Å²) in [4.78, 5) is 37.2. The molecule has 0 saturated carbocycles. The van der Waals surface area contributed by atoms with Gasteiger partial charge >= 0.3 is 6.18 Å². The van der Waals surface area contributed by atoms with E-state index in [0.717, 1.165) is 25.0 Å². The zero-order chi connectivity index (χ0) is 21.3. The van der Waals surface area contributed by atoms with Gasteiger partial charge in [0.15, 0.2) is 0 Å². The van der Waals surface area contributed by atoms with Gasteiger partial charge in [0.25, 0.3) is 11.8 Å². The highest BCUT2D eigenvalue weighted by Crippen LogP contribution is 2.33. The maximum absolute atomic E-state index is 13.0. The van der Waals surface area contributed by atoms with E-state index in [1.165, 1.54) is 30.7 Å². The van der Waals surface area contributed by atoms with Gasteiger partial charge in [0, 0.05) is 43.6 Å². The molecule has 2 atom stereocenters. The van der Waals surface area contributed by atoms with Crippen molar-refractivity contribution in [3.05, 3.63) is 59.7 Å². The first-order chi connectivity index (χ1) is 14.3. The normalized spacial score (nSPS) is 21.8. The number of benzene rings is 1. The van der Waals surface area contributed by atoms with Crippen molar-refractivity contribution >= 4 is 11.8 Å². The number of amides is 2. The first-order valence-electron chi connectivity index (χ1n) is 9.88. The van der Waals surface area contributed by atoms with Gasteiger partial charge in [-0.2, -0.15) is 13.2 Å². The van der Waals surface area contributed by atoms with Crippen molar-refractivity contribution in [2.45, 2.75) is 31.5 Å². The Morgan fingerprint density at radius 3 is 2.63 bits per heavy atom. The second-order valence-electron chi connectivity index (χ2n) is 7.68. The highest BCUT2D eigenvalue weighted by molar-refractivity contribution is 5.95. The van der Waals surface area contributed by atoms with E-state index >= 15 is 0 Å². The number of carbonyl (C=O) groups is 2. The number of aromatic nitrogens is 2. The molecule has 2 aromatic rings. The fraction of sp³-hybridized carbons (Fsp3) is 0.429. The van der Waals surface area contributed by atoms with E-state index in [0.29, 0.717) is 31.7 Å². The molecule has 0 aliphatic carbocycles. The van der Waals surface area contributed by atoms with Crippen molar-refractivity contribution in [1.29, 1.82) is 0 Å². The average molecular weight is 418 g/mol. The van der Waals surface area contributed by atoms with Crippen LogP contribution in [0, 0.1) is 5.92 Å². The Kier molecular flexibility index (Phi) is 5.44. The zero-order valence-corrected chi connectivity index (χ0v) is 16.2. The van der Waals surface area contributed by atoms with Gasteiger partial charge in [0.1, 0.15) is 5.69 Å². The van der Waals surface area contributed by atoms with Crippen molar-refractivity contribution < 1.29 is 22.8 Å². The summed E-state index contributed by atoms with van der Waals surface area (Å²) in [6.07, 6.45) is 2.19. The van der Waals surface area contributed by atoms with Crippen LogP contribution < -0.4 is 0 Å². The van der Waals surface area contributed by atoms with Gasteiger partial charge in [-0.25, -0.2) is 4.98 Å². The highest BCUT2D eigenvalue weighted by Gasteiger charge is 2.40. The molecule has 0 unspecified atom stereocenters. The third-order valence-electron chi connectivity index (χ3n) is 5.84. The van der Waals surface area contributed by atoms with Crippen molar-refractivity contribution in [2.24, 2.45) is 5.92 Å². The Morgan fingerprint density at radius 2 is 1.90 bits per heavy atom. The molecule has 0 spiro atoms. The third-order valence-corrected chi connectivity index (χ3v) is 5.84. The molecule has 2 aliphatic rings. The SMILES string of the molecule is O=C(c1cccc(C(F)(F)F)c1)N1CC[C@@H]2[C@H](CCCN2C(=O)c2cnccn2)C1. The first-order valence-corrected chi connectivity index (χ1v) is 9.88. The molecule has 3 heterocycles. The summed E-state index contributed by atoms with van der Waals surface area (Å²) in [5.41, 5.74) is -0.506. The van der Waals surface area contributed by atoms with Gasteiger partial charge in [-0.1, -0.05) is 6.07 Å². The van der Waals surface area contributed by atoms with Crippen LogP contribution in [0.1, 0.15) is 45.7 Å². The van der Waals surface area contributed by atoms with Gasteiger partial charge in [0.05, 0.1) is 11.8 Å². The van der Waals surface area contributed by atoms with E-state index in [2.05, 4.69) is 9.97 Å². The van der Waals surface area contributed by atoms with E-state index in [1.807, 2.05) is 4.90 Å². The van der Waals surface area contributed by atoms with Gasteiger partial charge in [0.2, 0.25) is 0 Å². The van der Waals surface area contributed by atoms with E-state index in [1.54, 1.807) is 4.90 Å². The van der Waals surface area contributed by atoms with E-state index in [-0.39, 0.29) is 23.4 Å². The number of likely N-dealkylation sites (tertiary alicyclic amines) is 2. The molecular weight excluding hydrogens is 397 g/mol. The predicted octanol–water partition coefficient (Wildman–Crippen LogP) is 3.26. The van der Waals surface area contributed by atoms with Gasteiger partial charge < -0.3 is 9.80 Å². The smallest absolute Gasteiger partial charge is 0.338 e. The fourth-order valence-electron chi connectivity index (χ4n) is 4.41. The molecule has 1 aromatic carbocycles. The van der Waals surface area contributed by atoms with Crippen LogP contribution in [0.3, 0.4) is 0 Å². The zero-order valence-electron chi connectivity index (χ0n) is 16.2. The van der Waals surface area contributed by atoms with Crippen LogP contribution >= 0.6 is 0 Å². The van der Waals surface area contributed by atoms with Crippen LogP contribution in [-0.4, -0.2) is 57.3 Å². The van der Waals surface area contributed by atoms with E-state index in [9.17, 15) is 22.8 Å². The third kappa shape index (κ3) is 4.01. The van der Waals surface area contributed by atoms with Crippen molar-refractivity contribution in [2.75, 3.05) is 19.6 Å². The second-order valence-corrected chi connectivity index (χ2v) is 7.68. The number of alkyl halides is 3. The Balaban J connectivity index is 1.48. The second kappa shape index (κ2) is 8.04. The lowest BCUT2D eigenvalue weighted by Crippen LogP contribution is -2.56. The van der Waals surface area contributed by atoms with Gasteiger partial charge in [-0.3, -0.25) is 14.6 Å². The maximum Gasteiger partial charge on any atom is 0.416 e. The van der Waals surface area contributed by atoms with Crippen LogP contribution in [0.4, 0.5) is 13.2 Å². The quantitative estimate of drug-likeness (QED) is 0.751. The largest absolute Gasteiger partial charge is 0.416 e. The summed E-state index contributed by atoms with van der Waals surface area (Å²) >= 11 is 0. The predicted molar refractivity (Wildman–Crippen MR) is 102 cm³/mol. The van der Waals surface area contributed by atoms with Crippen molar-refractivity contribution in [3.8, 4) is 0 Å². The molecule has 2 aliphatic heterocycles. The van der Waals surface area contributed by atoms with Gasteiger partial charge in [-0.15, -0.1) is 0 Å². The molecule has 30 heavy (non-hydrogen) atoms. The Morgan fingerprint density at radius 1 is 1.07 bits per heavy atom. The molecule has 9 heteroatoms. The van der Waals surface area contributed by atoms with E-state index < -0.39 is 17.6 Å². The van der Waals surface area contributed by atoms with Crippen LogP contribution in [-0.2, 0) is 6.18 Å². The molecule has 2 saturated heterocycles. The molecule has 4 rings (SSSR count). The lowest BCUT2D eigenvalue weighted by Gasteiger charge is -2.47. The number of nitrogens with zero attached hydrogens (tertiary/aromatic N) is 4. The summed E-state index contributed by atoms with van der Waals surface area (Å²) in [5, 5.41) is 0. The van der Waals surface area contributed by atoms with Crippen LogP contribution in [0.15, 0.2) is 42.9 Å². The topological polar surface area (TPSA) is 66.4 Å². The van der Waals surface area contributed by atoms with Crippen LogP contribution in [0.25, 0.3) is 0 Å². The monoisotopic (exact) mass is 418 g/mol. The molecular formula is C21H21F3N4O2. The minimum Gasteiger partial charge on any atom is -0.338 e. The van der Waals surface area contributed by atoms with E-state index in [4.69, 9.17) is 0 Å². The number of hydrogen-bond donors (Lipinski definition) is 0. The molecule has 0 bridgehead atoms. The highest BCUT2D eigenvalue weighted by atomic mass is 19.4. The molecule has 2 fully saturated rings. The molecule has 6 nitrogen and oxygen atoms in total. The molecule has 158 valence electrons. The summed E-state index contributed by atoms with van der Waals surface area (Å²) in [6.45, 7) is 1.43. The molecule has 1 aromatic heterocycles. The summed E-state index contributed by atoms with van der Waals surface area (Å²) in [5.74, 6) is -0.491. The number of halogens is 3. The van der Waals surface area contributed by atoms with Crippen molar-refractivity contribution in [3.63, 3.8) is 0 Å². The van der Waals surface area contributed by atoms with Crippen molar-refractivity contribution in [1.82, 2.24) is 19.8 Å². The number of hydrogen-bond acceptors (Lipinski definition) is 4. The molecule has 2 amide bonds. The number of fused-ring (bicyclic) bond motifs is 1. The Bertz CT molecular complexity index is 935. The Labute approximate surface area is 171 Å². The molecule has 0 radical (unpaired) electrons. The number of piperidine rings is 2. The number of rotatable bonds is 2. The number of carbonyl (C=O) groups excluding carboxylic acids is 2. The summed E-state index contributed by atoms with van der Waals surface area (Å²) in [6, 6.07) is 4.51. The minimum absolute atomic E-state index is 0.0150. The summed E-state index contributed by atoms with van der Waals surface area (Å²) < 4.78 is 38.9. The summed E-state index contributed by atoms with van der Waals surface area (Å²) in [7, 11) is 0. The maximum atomic E-state index is 13.0. The Hall–Kier alpha value is -2.97. The first kappa shape index (κ1) is 20.3. The fourth-order valence-corrected chi connectivity index (χ4v) is 4.41. The lowest BCUT2D eigenvalue weighted by atomic mass is 9.83. The van der Waals surface area contributed by atoms with Gasteiger partial charge in [-0.05, 0) is 43.4 Å².